The Morgan fingerprint density at radius 3 is 1.33 bits per heavy atom. The van der Waals surface area contributed by atoms with Crippen molar-refractivity contribution in [2.24, 2.45) is 0 Å². The summed E-state index contributed by atoms with van der Waals surface area (Å²) in [5, 5.41) is 5.26. The Balaban J connectivity index is 0.000000201. The van der Waals surface area contributed by atoms with Crippen LogP contribution in [0.25, 0.3) is 0 Å². The number of nitrogens with one attached hydrogen (secondary N) is 2. The molecule has 2 aromatic carbocycles. The maximum atomic E-state index is 14.7. The van der Waals surface area contributed by atoms with E-state index >= 15 is 0 Å². The summed E-state index contributed by atoms with van der Waals surface area (Å²) in [7, 11) is -2.22. The monoisotopic (exact) mass is 758 g/mol. The summed E-state index contributed by atoms with van der Waals surface area (Å²) in [6.07, 6.45) is -1.89. The fraction of sp³-hybridized carbons (Fsp3) is 0.556. The molecule has 2 atom stereocenters. The molecule has 4 fully saturated rings. The molecule has 4 aliphatic rings. The topological polar surface area (TPSA) is 124 Å². The van der Waals surface area contributed by atoms with Crippen LogP contribution in [0.3, 0.4) is 0 Å². The van der Waals surface area contributed by atoms with E-state index in [1.165, 1.54) is 35.8 Å². The van der Waals surface area contributed by atoms with Crippen molar-refractivity contribution in [1.29, 1.82) is 0 Å². The van der Waals surface area contributed by atoms with Gasteiger partial charge < -0.3 is 29.9 Å². The largest absolute Gasteiger partial charge is 0.442 e. The Morgan fingerprint density at radius 1 is 0.673 bits per heavy atom. The smallest absolute Gasteiger partial charge is 0.414 e. The molecule has 4 saturated heterocycles. The molecule has 0 aromatic heterocycles. The lowest BCUT2D eigenvalue weighted by Crippen LogP contribution is -2.43. The van der Waals surface area contributed by atoms with E-state index in [9.17, 15) is 28.0 Å². The summed E-state index contributed by atoms with van der Waals surface area (Å²) in [6, 6.07) is 14.5. The molecule has 0 saturated carbocycles. The van der Waals surface area contributed by atoms with Crippen LogP contribution in [-0.2, 0) is 19.1 Å². The third-order valence-corrected chi connectivity index (χ3v) is 16.6. The molecule has 12 nitrogen and oxygen atoms in total. The quantitative estimate of drug-likeness (QED) is 0.333. The maximum Gasteiger partial charge on any atom is 0.414 e. The zero-order valence-corrected chi connectivity index (χ0v) is 33.1. The van der Waals surface area contributed by atoms with E-state index in [4.69, 9.17) is 9.47 Å². The number of nitrogens with zero attached hydrogens (tertiary/aromatic N) is 4. The van der Waals surface area contributed by atoms with Crippen molar-refractivity contribution in [2.75, 3.05) is 72.0 Å². The number of anilines is 4. The van der Waals surface area contributed by atoms with E-state index in [0.717, 1.165) is 50.4 Å². The van der Waals surface area contributed by atoms with Gasteiger partial charge in [-0.3, -0.25) is 19.4 Å². The Morgan fingerprint density at radius 2 is 1.02 bits per heavy atom. The number of rotatable bonds is 8. The Labute approximate surface area is 306 Å². The first-order valence-electron chi connectivity index (χ1n) is 18.0. The lowest BCUT2D eigenvalue weighted by atomic mass is 10.2. The highest BCUT2D eigenvalue weighted by atomic mass is 28.3. The molecule has 0 aliphatic carbocycles. The average Bonchev–Trinajstić information content (AvgIpc) is 3.65. The minimum Gasteiger partial charge on any atom is -0.442 e. The van der Waals surface area contributed by atoms with E-state index in [1.54, 1.807) is 24.3 Å². The second kappa shape index (κ2) is 16.2. The number of ether oxygens (including phenoxy) is 2. The zero-order valence-electron chi connectivity index (χ0n) is 31.1. The summed E-state index contributed by atoms with van der Waals surface area (Å²) in [5.41, 5.74) is 2.16. The maximum absolute atomic E-state index is 14.7. The van der Waals surface area contributed by atoms with Gasteiger partial charge in [0.1, 0.15) is 23.8 Å². The van der Waals surface area contributed by atoms with Gasteiger partial charge in [0.05, 0.1) is 65.1 Å². The van der Waals surface area contributed by atoms with Gasteiger partial charge in [-0.05, 0) is 60.6 Å². The van der Waals surface area contributed by atoms with Crippen molar-refractivity contribution in [3.63, 3.8) is 0 Å². The summed E-state index contributed by atoms with van der Waals surface area (Å²) in [5.74, 6) is -0.991. The van der Waals surface area contributed by atoms with Crippen LogP contribution >= 0.6 is 0 Å². The molecule has 1 unspecified atom stereocenters. The average molecular weight is 759 g/mol. The number of amides is 4. The number of carbonyl (C=O) groups is 4. The predicted molar refractivity (Wildman–Crippen MR) is 204 cm³/mol. The fourth-order valence-electron chi connectivity index (χ4n) is 6.74. The number of hydrogen-bond donors (Lipinski definition) is 2. The lowest BCUT2D eigenvalue weighted by Gasteiger charge is -2.37. The van der Waals surface area contributed by atoms with Gasteiger partial charge in [0.15, 0.2) is 0 Å². The summed E-state index contributed by atoms with van der Waals surface area (Å²) in [6.45, 7) is 17.0. The van der Waals surface area contributed by atoms with Crippen molar-refractivity contribution < 1.29 is 37.4 Å². The molecule has 52 heavy (non-hydrogen) atoms. The third-order valence-electron chi connectivity index (χ3n) is 10.3. The van der Waals surface area contributed by atoms with E-state index < -0.39 is 40.5 Å². The van der Waals surface area contributed by atoms with Crippen molar-refractivity contribution in [3.05, 3.63) is 48.0 Å². The molecule has 4 aliphatic heterocycles. The van der Waals surface area contributed by atoms with Crippen LogP contribution < -0.4 is 30.2 Å². The Kier molecular flexibility index (Phi) is 12.2. The number of hydrogen-bond acceptors (Lipinski definition) is 8. The van der Waals surface area contributed by atoms with Gasteiger partial charge in [0.25, 0.3) is 0 Å². The standard InChI is InChI=1S/2C18H26FN3O3Si/c2*1-13(23)20-11-15-12-22(18(24)25-15)14-4-5-17(16(19)10-14)21-6-8-26(2,3)9-7-21/h2*4-5,10,15H,6-9,11-12H2,1-3H3,(H,20,23)/t15-;/m0./s1. The van der Waals surface area contributed by atoms with Crippen LogP contribution in [0.4, 0.5) is 41.1 Å². The molecular weight excluding hydrogens is 707 g/mol. The molecular formula is C36H52F2N6O6Si2. The van der Waals surface area contributed by atoms with E-state index in [2.05, 4.69) is 46.6 Å². The molecule has 4 heterocycles. The van der Waals surface area contributed by atoms with E-state index in [-0.39, 0.29) is 36.5 Å². The molecule has 6 rings (SSSR count). The molecule has 0 radical (unpaired) electrons. The van der Waals surface area contributed by atoms with Gasteiger partial charge in [0.2, 0.25) is 11.8 Å². The lowest BCUT2D eigenvalue weighted by molar-refractivity contribution is -0.120. The first-order chi connectivity index (χ1) is 24.5. The van der Waals surface area contributed by atoms with Gasteiger partial charge in [-0.2, -0.15) is 0 Å². The Hall–Kier alpha value is -4.19. The molecule has 0 spiro atoms. The van der Waals surface area contributed by atoms with E-state index in [1.807, 2.05) is 0 Å². The minimum atomic E-state index is -1.11. The van der Waals surface area contributed by atoms with Gasteiger partial charge in [0, 0.05) is 40.0 Å². The second-order valence-electron chi connectivity index (χ2n) is 15.7. The van der Waals surface area contributed by atoms with Gasteiger partial charge in [-0.15, -0.1) is 0 Å². The number of carbonyl (C=O) groups excluding carboxylic acids is 4. The molecule has 16 heteroatoms. The van der Waals surface area contributed by atoms with Crippen LogP contribution in [-0.4, -0.2) is 105 Å². The summed E-state index contributed by atoms with van der Waals surface area (Å²) < 4.78 is 39.8. The first kappa shape index (κ1) is 39.0. The fourth-order valence-corrected chi connectivity index (χ4v) is 10.7. The van der Waals surface area contributed by atoms with Crippen LogP contribution in [0.1, 0.15) is 13.8 Å². The molecule has 284 valence electrons. The van der Waals surface area contributed by atoms with Crippen LogP contribution in [0.15, 0.2) is 36.4 Å². The third kappa shape index (κ3) is 10.0. The van der Waals surface area contributed by atoms with Crippen molar-refractivity contribution in [2.45, 2.75) is 76.4 Å². The van der Waals surface area contributed by atoms with Gasteiger partial charge in [-0.1, -0.05) is 26.2 Å². The van der Waals surface area contributed by atoms with Gasteiger partial charge >= 0.3 is 12.2 Å². The molecule has 0 bridgehead atoms. The van der Waals surface area contributed by atoms with Crippen molar-refractivity contribution in [1.82, 2.24) is 10.6 Å². The Bertz CT molecular complexity index is 1530. The summed E-state index contributed by atoms with van der Waals surface area (Å²) >= 11 is 0. The first-order valence-corrected chi connectivity index (χ1v) is 24.9. The van der Waals surface area contributed by atoms with Gasteiger partial charge in [-0.25, -0.2) is 18.4 Å². The van der Waals surface area contributed by atoms with Crippen LogP contribution in [0.2, 0.25) is 50.4 Å². The normalized spacial score (nSPS) is 22.3. The zero-order chi connectivity index (χ0) is 37.8. The summed E-state index contributed by atoms with van der Waals surface area (Å²) in [4.78, 5) is 53.1. The highest BCUT2D eigenvalue weighted by molar-refractivity contribution is 6.78. The SMILES string of the molecule is CC(=O)NCC1CN(c2ccc(N3CC[Si](C)(C)CC3)c(F)c2)C(=O)O1.CC(=O)NC[C@H]1CN(c2ccc(N3CC[Si](C)(C)CC3)c(F)c2)C(=O)O1. The molecule has 2 N–H and O–H groups in total. The second-order valence-corrected chi connectivity index (χ2v) is 26.3. The predicted octanol–water partition coefficient (Wildman–Crippen LogP) is 5.63. The molecule has 2 aromatic rings. The molecule has 4 amide bonds. The minimum absolute atomic E-state index is 0.178. The van der Waals surface area contributed by atoms with Crippen molar-refractivity contribution >= 4 is 62.9 Å². The number of cyclic esters (lactones) is 2. The van der Waals surface area contributed by atoms with E-state index in [0.29, 0.717) is 35.8 Å². The van der Waals surface area contributed by atoms with Crippen LogP contribution in [0, 0.1) is 11.6 Å². The highest BCUT2D eigenvalue weighted by Gasteiger charge is 2.35. The number of benzene rings is 2. The highest BCUT2D eigenvalue weighted by Crippen LogP contribution is 2.33. The van der Waals surface area contributed by atoms with Crippen LogP contribution in [0.5, 0.6) is 0 Å². The van der Waals surface area contributed by atoms with Crippen molar-refractivity contribution in [3.8, 4) is 0 Å². The number of halogens is 2.